The third-order valence-electron chi connectivity index (χ3n) is 3.71. The van der Waals surface area contributed by atoms with Crippen molar-refractivity contribution >= 4 is 17.6 Å². The highest BCUT2D eigenvalue weighted by atomic mass is 16.5. The highest BCUT2D eigenvalue weighted by molar-refractivity contribution is 5.93. The number of ether oxygens (including phenoxy) is 2. The summed E-state index contributed by atoms with van der Waals surface area (Å²) in [6.45, 7) is 8.25. The quantitative estimate of drug-likeness (QED) is 0.775. The Morgan fingerprint density at radius 3 is 2.39 bits per heavy atom. The van der Waals surface area contributed by atoms with Gasteiger partial charge in [-0.2, -0.15) is 0 Å². The van der Waals surface area contributed by atoms with Gasteiger partial charge in [0.2, 0.25) is 0 Å². The molecule has 1 aromatic rings. The molecule has 0 aliphatic carbocycles. The van der Waals surface area contributed by atoms with Crippen molar-refractivity contribution in [3.8, 4) is 0 Å². The molecular weight excluding hydrogens is 296 g/mol. The van der Waals surface area contributed by atoms with Crippen molar-refractivity contribution in [1.29, 1.82) is 0 Å². The molecule has 1 amide bonds. The standard InChI is InChI=1S/C17H24N2O4/c1-4-22-17(21)14-5-7-15(8-6-14)18-16(20)11-19-9-12(2)23-13(3)10-19/h5-8,12-13H,4,9-11H2,1-3H3,(H,18,20)/p+1/t12-,13+. The molecule has 0 saturated carbocycles. The van der Waals surface area contributed by atoms with Crippen molar-refractivity contribution in [2.75, 3.05) is 31.6 Å². The molecule has 1 heterocycles. The Morgan fingerprint density at radius 2 is 1.83 bits per heavy atom. The summed E-state index contributed by atoms with van der Waals surface area (Å²) in [5, 5.41) is 2.86. The molecule has 0 radical (unpaired) electrons. The van der Waals surface area contributed by atoms with Crippen LogP contribution >= 0.6 is 0 Å². The van der Waals surface area contributed by atoms with Gasteiger partial charge in [-0.1, -0.05) is 0 Å². The fourth-order valence-corrected chi connectivity index (χ4v) is 2.87. The maximum Gasteiger partial charge on any atom is 0.338 e. The number of hydrogen-bond donors (Lipinski definition) is 2. The summed E-state index contributed by atoms with van der Waals surface area (Å²) in [6, 6.07) is 6.73. The maximum absolute atomic E-state index is 12.2. The highest BCUT2D eigenvalue weighted by Gasteiger charge is 2.27. The smallest absolute Gasteiger partial charge is 0.338 e. The van der Waals surface area contributed by atoms with Crippen LogP contribution in [0.1, 0.15) is 31.1 Å². The number of carbonyl (C=O) groups excluding carboxylic acids is 2. The molecule has 2 rings (SSSR count). The minimum Gasteiger partial charge on any atom is -0.462 e. The van der Waals surface area contributed by atoms with E-state index in [0.717, 1.165) is 13.1 Å². The molecule has 0 aromatic heterocycles. The summed E-state index contributed by atoms with van der Waals surface area (Å²) in [5.41, 5.74) is 1.16. The van der Waals surface area contributed by atoms with Crippen LogP contribution < -0.4 is 10.2 Å². The summed E-state index contributed by atoms with van der Waals surface area (Å²) >= 11 is 0. The summed E-state index contributed by atoms with van der Waals surface area (Å²) < 4.78 is 10.6. The first-order valence-electron chi connectivity index (χ1n) is 8.04. The first-order chi connectivity index (χ1) is 11.0. The zero-order valence-corrected chi connectivity index (χ0v) is 13.9. The lowest BCUT2D eigenvalue weighted by Gasteiger charge is -2.31. The van der Waals surface area contributed by atoms with Crippen LogP contribution in [0.3, 0.4) is 0 Å². The van der Waals surface area contributed by atoms with Crippen LogP contribution in [0.25, 0.3) is 0 Å². The van der Waals surface area contributed by atoms with Crippen LogP contribution in [0.15, 0.2) is 24.3 Å². The maximum atomic E-state index is 12.2. The molecule has 6 heteroatoms. The molecule has 1 aliphatic rings. The van der Waals surface area contributed by atoms with E-state index in [1.165, 1.54) is 4.90 Å². The first-order valence-corrected chi connectivity index (χ1v) is 8.04. The Balaban J connectivity index is 1.86. The lowest BCUT2D eigenvalue weighted by molar-refractivity contribution is -0.907. The number of rotatable bonds is 5. The predicted octanol–water partition coefficient (Wildman–Crippen LogP) is 0.494. The Hall–Kier alpha value is -1.92. The van der Waals surface area contributed by atoms with Crippen molar-refractivity contribution in [2.45, 2.75) is 33.0 Å². The third kappa shape index (κ3) is 5.33. The molecule has 23 heavy (non-hydrogen) atoms. The Bertz CT molecular complexity index is 534. The molecule has 0 bridgehead atoms. The van der Waals surface area contributed by atoms with Crippen molar-refractivity contribution in [1.82, 2.24) is 0 Å². The number of benzene rings is 1. The predicted molar refractivity (Wildman–Crippen MR) is 86.6 cm³/mol. The fourth-order valence-electron chi connectivity index (χ4n) is 2.87. The summed E-state index contributed by atoms with van der Waals surface area (Å²) in [4.78, 5) is 24.9. The largest absolute Gasteiger partial charge is 0.462 e. The molecule has 6 nitrogen and oxygen atoms in total. The van der Waals surface area contributed by atoms with Gasteiger partial charge in [0.25, 0.3) is 5.91 Å². The van der Waals surface area contributed by atoms with Crippen LogP contribution in [0.5, 0.6) is 0 Å². The van der Waals surface area contributed by atoms with Gasteiger partial charge in [0.05, 0.1) is 12.2 Å². The van der Waals surface area contributed by atoms with Gasteiger partial charge >= 0.3 is 5.97 Å². The Labute approximate surface area is 136 Å². The minimum atomic E-state index is -0.355. The second kappa shape index (κ2) is 8.08. The van der Waals surface area contributed by atoms with Crippen LogP contribution in [0.2, 0.25) is 0 Å². The monoisotopic (exact) mass is 321 g/mol. The second-order valence-corrected chi connectivity index (χ2v) is 5.94. The molecule has 1 aromatic carbocycles. The number of amides is 1. The minimum absolute atomic E-state index is 0.0369. The van der Waals surface area contributed by atoms with Crippen molar-refractivity contribution in [3.63, 3.8) is 0 Å². The summed E-state index contributed by atoms with van der Waals surface area (Å²) in [6.07, 6.45) is 0.343. The zero-order valence-electron chi connectivity index (χ0n) is 13.9. The number of nitrogens with one attached hydrogen (secondary N) is 2. The van der Waals surface area contributed by atoms with Crippen LogP contribution in [0.4, 0.5) is 5.69 Å². The van der Waals surface area contributed by atoms with Crippen molar-refractivity contribution in [2.24, 2.45) is 0 Å². The van der Waals surface area contributed by atoms with Gasteiger partial charge in [0.1, 0.15) is 25.3 Å². The lowest BCUT2D eigenvalue weighted by atomic mass is 10.2. The number of carbonyl (C=O) groups is 2. The normalized spacial score (nSPS) is 24.0. The van der Waals surface area contributed by atoms with Gasteiger partial charge in [0, 0.05) is 5.69 Å². The van der Waals surface area contributed by atoms with E-state index in [9.17, 15) is 9.59 Å². The summed E-state index contributed by atoms with van der Waals surface area (Å²) in [5.74, 6) is -0.392. The van der Waals surface area contributed by atoms with E-state index in [-0.39, 0.29) is 24.1 Å². The average molecular weight is 321 g/mol. The van der Waals surface area contributed by atoms with Crippen molar-refractivity contribution < 1.29 is 24.0 Å². The lowest BCUT2D eigenvalue weighted by Crippen LogP contribution is -3.16. The van der Waals surface area contributed by atoms with E-state index in [0.29, 0.717) is 24.4 Å². The van der Waals surface area contributed by atoms with Crippen molar-refractivity contribution in [3.05, 3.63) is 29.8 Å². The average Bonchev–Trinajstić information content (AvgIpc) is 2.47. The van der Waals surface area contributed by atoms with E-state index < -0.39 is 0 Å². The Kier molecular flexibility index (Phi) is 6.12. The molecule has 1 fully saturated rings. The van der Waals surface area contributed by atoms with Gasteiger partial charge in [-0.3, -0.25) is 4.79 Å². The number of hydrogen-bond acceptors (Lipinski definition) is 4. The highest BCUT2D eigenvalue weighted by Crippen LogP contribution is 2.10. The van der Waals surface area contributed by atoms with Gasteiger partial charge in [-0.15, -0.1) is 0 Å². The van der Waals surface area contributed by atoms with E-state index in [2.05, 4.69) is 5.32 Å². The molecule has 3 atom stereocenters. The van der Waals surface area contributed by atoms with Gasteiger partial charge in [-0.05, 0) is 45.0 Å². The first kappa shape index (κ1) is 17.4. The number of anilines is 1. The number of morpholine rings is 1. The van der Waals surface area contributed by atoms with E-state index in [1.807, 2.05) is 13.8 Å². The molecule has 1 saturated heterocycles. The molecule has 126 valence electrons. The fraction of sp³-hybridized carbons (Fsp3) is 0.529. The summed E-state index contributed by atoms with van der Waals surface area (Å²) in [7, 11) is 0. The van der Waals surface area contributed by atoms with Gasteiger partial charge in [0.15, 0.2) is 6.54 Å². The molecule has 1 unspecified atom stereocenters. The molecule has 0 spiro atoms. The van der Waals surface area contributed by atoms with Gasteiger partial charge < -0.3 is 19.7 Å². The second-order valence-electron chi connectivity index (χ2n) is 5.94. The molecule has 1 aliphatic heterocycles. The van der Waals surface area contributed by atoms with E-state index in [1.54, 1.807) is 31.2 Å². The zero-order chi connectivity index (χ0) is 16.8. The Morgan fingerprint density at radius 1 is 1.22 bits per heavy atom. The number of quaternary nitrogens is 1. The number of esters is 1. The molecular formula is C17H25N2O4+. The van der Waals surface area contributed by atoms with Crippen LogP contribution in [-0.2, 0) is 14.3 Å². The van der Waals surface area contributed by atoms with Gasteiger partial charge in [-0.25, -0.2) is 4.79 Å². The third-order valence-corrected chi connectivity index (χ3v) is 3.71. The topological polar surface area (TPSA) is 69.1 Å². The van der Waals surface area contributed by atoms with E-state index in [4.69, 9.17) is 9.47 Å². The van der Waals surface area contributed by atoms with Crippen LogP contribution in [0, 0.1) is 0 Å². The van der Waals surface area contributed by atoms with Crippen LogP contribution in [-0.4, -0.2) is 50.3 Å². The SMILES string of the molecule is CCOC(=O)c1ccc(NC(=O)C[NH+]2C[C@@H](C)O[C@@H](C)C2)cc1. The van der Waals surface area contributed by atoms with E-state index >= 15 is 0 Å². The molecule has 2 N–H and O–H groups in total.